The lowest BCUT2D eigenvalue weighted by Crippen LogP contribution is -2.30. The molecule has 1 unspecified atom stereocenters. The maximum Gasteiger partial charge on any atom is 0.255 e. The van der Waals surface area contributed by atoms with E-state index in [0.29, 0.717) is 58.0 Å². The number of rotatable bonds is 10. The normalized spacial score (nSPS) is 11.9. The van der Waals surface area contributed by atoms with Gasteiger partial charge in [0.2, 0.25) is 0 Å². The van der Waals surface area contributed by atoms with Crippen LogP contribution >= 0.6 is 0 Å². The molecular weight excluding hydrogens is 471 g/mol. The number of nitrogens with one attached hydrogen (secondary N) is 2. The van der Waals surface area contributed by atoms with Crippen molar-refractivity contribution in [3.8, 4) is 5.75 Å². The van der Waals surface area contributed by atoms with E-state index >= 15 is 0 Å². The molecular formula is C30H31FN2O4. The second-order valence-corrected chi connectivity index (χ2v) is 9.31. The van der Waals surface area contributed by atoms with Crippen LogP contribution in [0.1, 0.15) is 65.1 Å². The number of benzene rings is 3. The number of para-hydroxylation sites is 1. The molecule has 2 amide bonds. The summed E-state index contributed by atoms with van der Waals surface area (Å²) in [6, 6.07) is 17.6. The van der Waals surface area contributed by atoms with Crippen LogP contribution in [0.25, 0.3) is 11.0 Å². The lowest BCUT2D eigenvalue weighted by atomic mass is 9.95. The topological polar surface area (TPSA) is 80.6 Å². The molecule has 7 heteroatoms. The summed E-state index contributed by atoms with van der Waals surface area (Å²) in [7, 11) is 0. The Bertz CT molecular complexity index is 1380. The quantitative estimate of drug-likeness (QED) is 0.268. The van der Waals surface area contributed by atoms with Crippen LogP contribution in [0.3, 0.4) is 0 Å². The Labute approximate surface area is 215 Å². The largest absolute Gasteiger partial charge is 0.493 e. The second kappa shape index (κ2) is 11.7. The Morgan fingerprint density at radius 1 is 1.00 bits per heavy atom. The van der Waals surface area contributed by atoms with Crippen molar-refractivity contribution in [3.63, 3.8) is 0 Å². The monoisotopic (exact) mass is 502 g/mol. The molecule has 0 fully saturated rings. The van der Waals surface area contributed by atoms with Crippen LogP contribution in [-0.2, 0) is 0 Å². The molecule has 0 radical (unpaired) electrons. The molecule has 0 spiro atoms. The summed E-state index contributed by atoms with van der Waals surface area (Å²) >= 11 is 0. The summed E-state index contributed by atoms with van der Waals surface area (Å²) in [6.45, 7) is 7.03. The first kappa shape index (κ1) is 25.9. The SMILES string of the molecule is CCCOc1ccc(C(=O)NCC(C)C)cc1C(NC(=O)c1coc2ccccc12)c1ccc(F)cc1. The fraction of sp³-hybridized carbons (Fsp3) is 0.267. The lowest BCUT2D eigenvalue weighted by Gasteiger charge is -2.23. The predicted molar refractivity (Wildman–Crippen MR) is 141 cm³/mol. The fourth-order valence-corrected chi connectivity index (χ4v) is 4.02. The van der Waals surface area contributed by atoms with E-state index in [-0.39, 0.29) is 17.6 Å². The van der Waals surface area contributed by atoms with Crippen LogP contribution in [0.2, 0.25) is 0 Å². The highest BCUT2D eigenvalue weighted by Gasteiger charge is 2.25. The molecule has 1 aromatic heterocycles. The number of carbonyl (C=O) groups is 2. The summed E-state index contributed by atoms with van der Waals surface area (Å²) in [6.07, 6.45) is 2.21. The van der Waals surface area contributed by atoms with Gasteiger partial charge in [-0.15, -0.1) is 0 Å². The zero-order chi connectivity index (χ0) is 26.4. The standard InChI is InChI=1S/C30H31FN2O4/c1-4-15-36-27-14-11-21(29(34)32-17-19(2)3)16-24(27)28(20-9-12-22(31)13-10-20)33-30(35)25-18-37-26-8-6-5-7-23(25)26/h5-14,16,18-19,28H,4,15,17H2,1-3H3,(H,32,34)(H,33,35). The number of hydrogen-bond acceptors (Lipinski definition) is 4. The average Bonchev–Trinajstić information content (AvgIpc) is 3.34. The fourth-order valence-electron chi connectivity index (χ4n) is 4.02. The number of fused-ring (bicyclic) bond motifs is 1. The van der Waals surface area contributed by atoms with Gasteiger partial charge in [-0.3, -0.25) is 9.59 Å². The van der Waals surface area contributed by atoms with Gasteiger partial charge in [0.25, 0.3) is 11.8 Å². The van der Waals surface area contributed by atoms with Gasteiger partial charge in [-0.1, -0.05) is 51.1 Å². The first-order chi connectivity index (χ1) is 17.9. The van der Waals surface area contributed by atoms with Gasteiger partial charge in [0.05, 0.1) is 18.2 Å². The average molecular weight is 503 g/mol. The maximum absolute atomic E-state index is 13.8. The summed E-state index contributed by atoms with van der Waals surface area (Å²) in [5.74, 6) is -0.142. The minimum atomic E-state index is -0.716. The molecule has 0 aliphatic carbocycles. The molecule has 0 aliphatic heterocycles. The summed E-state index contributed by atoms with van der Waals surface area (Å²) in [5, 5.41) is 6.67. The minimum Gasteiger partial charge on any atom is -0.493 e. The van der Waals surface area contributed by atoms with Crippen molar-refractivity contribution in [1.82, 2.24) is 10.6 Å². The molecule has 3 aromatic carbocycles. The highest BCUT2D eigenvalue weighted by atomic mass is 19.1. The van der Waals surface area contributed by atoms with Crippen molar-refractivity contribution in [1.29, 1.82) is 0 Å². The molecule has 0 aliphatic rings. The number of furan rings is 1. The number of halogens is 1. The maximum atomic E-state index is 13.8. The molecule has 37 heavy (non-hydrogen) atoms. The molecule has 1 atom stereocenters. The van der Waals surface area contributed by atoms with Crippen LogP contribution in [-0.4, -0.2) is 25.0 Å². The van der Waals surface area contributed by atoms with Crippen molar-refractivity contribution in [2.75, 3.05) is 13.2 Å². The van der Waals surface area contributed by atoms with E-state index in [1.807, 2.05) is 39.0 Å². The van der Waals surface area contributed by atoms with E-state index in [0.717, 1.165) is 6.42 Å². The number of carbonyl (C=O) groups excluding carboxylic acids is 2. The second-order valence-electron chi connectivity index (χ2n) is 9.31. The number of hydrogen-bond donors (Lipinski definition) is 2. The first-order valence-electron chi connectivity index (χ1n) is 12.4. The highest BCUT2D eigenvalue weighted by Crippen LogP contribution is 2.33. The molecule has 0 saturated heterocycles. The minimum absolute atomic E-state index is 0.220. The Morgan fingerprint density at radius 2 is 1.76 bits per heavy atom. The van der Waals surface area contributed by atoms with Crippen molar-refractivity contribution < 1.29 is 23.1 Å². The van der Waals surface area contributed by atoms with Gasteiger partial charge < -0.3 is 19.8 Å². The lowest BCUT2D eigenvalue weighted by molar-refractivity contribution is 0.0940. The van der Waals surface area contributed by atoms with E-state index in [2.05, 4.69) is 10.6 Å². The van der Waals surface area contributed by atoms with E-state index in [1.54, 1.807) is 36.4 Å². The van der Waals surface area contributed by atoms with Gasteiger partial charge in [-0.05, 0) is 54.3 Å². The summed E-state index contributed by atoms with van der Waals surface area (Å²) in [4.78, 5) is 26.4. The molecule has 2 N–H and O–H groups in total. The Hall–Kier alpha value is -4.13. The van der Waals surface area contributed by atoms with Gasteiger partial charge in [-0.2, -0.15) is 0 Å². The van der Waals surface area contributed by atoms with Gasteiger partial charge in [-0.25, -0.2) is 4.39 Å². The van der Waals surface area contributed by atoms with Crippen LogP contribution in [0, 0.1) is 11.7 Å². The Balaban J connectivity index is 1.77. The number of ether oxygens (including phenoxy) is 1. The predicted octanol–water partition coefficient (Wildman–Crippen LogP) is 6.27. The highest BCUT2D eigenvalue weighted by molar-refractivity contribution is 6.06. The Kier molecular flexibility index (Phi) is 8.23. The van der Waals surface area contributed by atoms with Gasteiger partial charge in [0.15, 0.2) is 0 Å². The van der Waals surface area contributed by atoms with Crippen LogP contribution in [0.5, 0.6) is 5.75 Å². The van der Waals surface area contributed by atoms with Crippen molar-refractivity contribution in [2.45, 2.75) is 33.2 Å². The molecule has 192 valence electrons. The first-order valence-corrected chi connectivity index (χ1v) is 12.4. The number of amides is 2. The van der Waals surface area contributed by atoms with Crippen molar-refractivity contribution >= 4 is 22.8 Å². The van der Waals surface area contributed by atoms with E-state index in [4.69, 9.17) is 9.15 Å². The third kappa shape index (κ3) is 6.17. The van der Waals surface area contributed by atoms with E-state index in [9.17, 15) is 14.0 Å². The van der Waals surface area contributed by atoms with E-state index in [1.165, 1.54) is 18.4 Å². The summed E-state index contributed by atoms with van der Waals surface area (Å²) in [5.41, 5.74) is 2.66. The van der Waals surface area contributed by atoms with Gasteiger partial charge >= 0.3 is 0 Å². The molecule has 4 aromatic rings. The third-order valence-corrected chi connectivity index (χ3v) is 5.92. The summed E-state index contributed by atoms with van der Waals surface area (Å²) < 4.78 is 25.4. The molecule has 0 saturated carbocycles. The zero-order valence-electron chi connectivity index (χ0n) is 21.2. The molecule has 4 rings (SSSR count). The van der Waals surface area contributed by atoms with Crippen molar-refractivity contribution in [3.05, 3.63) is 101 Å². The van der Waals surface area contributed by atoms with Crippen LogP contribution in [0.4, 0.5) is 4.39 Å². The zero-order valence-corrected chi connectivity index (χ0v) is 21.2. The molecule has 0 bridgehead atoms. The molecule has 1 heterocycles. The van der Waals surface area contributed by atoms with Gasteiger partial charge in [0.1, 0.15) is 23.4 Å². The third-order valence-electron chi connectivity index (χ3n) is 5.92. The van der Waals surface area contributed by atoms with Crippen LogP contribution in [0.15, 0.2) is 77.4 Å². The van der Waals surface area contributed by atoms with Gasteiger partial charge in [0, 0.05) is 23.1 Å². The molecule has 6 nitrogen and oxygen atoms in total. The van der Waals surface area contributed by atoms with Crippen LogP contribution < -0.4 is 15.4 Å². The van der Waals surface area contributed by atoms with E-state index < -0.39 is 6.04 Å². The Morgan fingerprint density at radius 3 is 2.49 bits per heavy atom. The van der Waals surface area contributed by atoms with Crippen molar-refractivity contribution in [2.24, 2.45) is 5.92 Å². The smallest absolute Gasteiger partial charge is 0.255 e.